The smallest absolute Gasteiger partial charge is 0.345 e. The highest BCUT2D eigenvalue weighted by Crippen LogP contribution is 1.89. The molecule has 0 aromatic carbocycles. The van der Waals surface area contributed by atoms with E-state index < -0.39 is 6.03 Å². The summed E-state index contributed by atoms with van der Waals surface area (Å²) in [6, 6.07) is -0.525. The van der Waals surface area contributed by atoms with Crippen LogP contribution in [0.25, 0.3) is 0 Å². The topological polar surface area (TPSA) is 105 Å². The number of unbranched alkanes of at least 4 members (excludes halogenated alkanes) is 1. The molecule has 6 N–H and O–H groups in total. The van der Waals surface area contributed by atoms with Crippen molar-refractivity contribution in [2.45, 2.75) is 12.8 Å². The summed E-state index contributed by atoms with van der Waals surface area (Å²) in [7, 11) is 0. The van der Waals surface area contributed by atoms with Crippen LogP contribution < -0.4 is 17.1 Å². The van der Waals surface area contributed by atoms with Crippen LogP contribution in [-0.4, -0.2) is 29.3 Å². The third kappa shape index (κ3) is 4.54. The molecular weight excluding hydrogens is 148 g/mol. The van der Waals surface area contributed by atoms with E-state index in [2.05, 4.69) is 0 Å². The van der Waals surface area contributed by atoms with Gasteiger partial charge in [0.1, 0.15) is 0 Å². The van der Waals surface area contributed by atoms with Gasteiger partial charge in [0.25, 0.3) is 0 Å². The molecule has 0 aliphatic heterocycles. The van der Waals surface area contributed by atoms with E-state index in [1.807, 2.05) is 5.43 Å². The first-order chi connectivity index (χ1) is 5.22. The van der Waals surface area contributed by atoms with E-state index in [4.69, 9.17) is 16.8 Å². The number of aliphatic hydroxyl groups excluding tert-OH is 1. The third-order valence-corrected chi connectivity index (χ3v) is 1.19. The van der Waals surface area contributed by atoms with Crippen molar-refractivity contribution in [2.24, 2.45) is 11.7 Å². The van der Waals surface area contributed by atoms with Gasteiger partial charge in [0.15, 0.2) is 0 Å². The van der Waals surface area contributed by atoms with Gasteiger partial charge in [-0.25, -0.2) is 16.5 Å². The van der Waals surface area contributed by atoms with Crippen LogP contribution in [-0.2, 0) is 0 Å². The van der Waals surface area contributed by atoms with Crippen molar-refractivity contribution in [1.29, 1.82) is 0 Å². The Bertz CT molecular complexity index is 119. The Labute approximate surface area is 65.1 Å². The molecule has 0 saturated heterocycles. The summed E-state index contributed by atoms with van der Waals surface area (Å²) >= 11 is 0. The van der Waals surface area contributed by atoms with Crippen LogP contribution in [0, 0.1) is 0 Å². The fourth-order valence-electron chi connectivity index (χ4n) is 0.578. The molecule has 0 rings (SSSR count). The molecule has 0 fully saturated rings. The van der Waals surface area contributed by atoms with Gasteiger partial charge < -0.3 is 5.11 Å². The van der Waals surface area contributed by atoms with Gasteiger partial charge in [0.2, 0.25) is 0 Å². The molecule has 0 aromatic rings. The first-order valence-electron chi connectivity index (χ1n) is 3.36. The molecule has 0 aliphatic rings. The monoisotopic (exact) mass is 162 g/mol. The number of nitrogens with one attached hydrogen (secondary N) is 1. The molecule has 0 atom stereocenters. The third-order valence-electron chi connectivity index (χ3n) is 1.19. The second kappa shape index (κ2) is 5.90. The Balaban J connectivity index is 3.36. The Hall–Kier alpha value is -0.850. The average Bonchev–Trinajstić information content (AvgIpc) is 2.03. The van der Waals surface area contributed by atoms with E-state index in [0.717, 1.165) is 5.01 Å². The second-order valence-corrected chi connectivity index (χ2v) is 2.07. The highest BCUT2D eigenvalue weighted by molar-refractivity contribution is 5.72. The molecule has 0 bridgehead atoms. The molecule has 0 saturated carbocycles. The molecule has 0 spiro atoms. The lowest BCUT2D eigenvalue weighted by molar-refractivity contribution is 0.195. The Morgan fingerprint density at radius 3 is 2.64 bits per heavy atom. The lowest BCUT2D eigenvalue weighted by Crippen LogP contribution is -2.47. The maximum atomic E-state index is 10.6. The van der Waals surface area contributed by atoms with Gasteiger partial charge in [-0.15, -0.1) is 0 Å². The van der Waals surface area contributed by atoms with Crippen LogP contribution in [0.4, 0.5) is 4.79 Å². The number of rotatable bonds is 4. The van der Waals surface area contributed by atoms with Crippen LogP contribution in [0.1, 0.15) is 12.8 Å². The summed E-state index contributed by atoms with van der Waals surface area (Å²) in [5, 5.41) is 9.36. The molecule has 66 valence electrons. The highest BCUT2D eigenvalue weighted by atomic mass is 16.3. The van der Waals surface area contributed by atoms with Gasteiger partial charge in [0, 0.05) is 13.2 Å². The normalized spacial score (nSPS) is 9.36. The molecule has 0 unspecified atom stereocenters. The highest BCUT2D eigenvalue weighted by Gasteiger charge is 2.04. The van der Waals surface area contributed by atoms with Gasteiger partial charge in [-0.2, -0.15) is 0 Å². The number of carbonyl (C=O) groups is 1. The van der Waals surface area contributed by atoms with Gasteiger partial charge in [0.05, 0.1) is 0 Å². The number of hydrogen-bond acceptors (Lipinski definition) is 4. The molecule has 11 heavy (non-hydrogen) atoms. The summed E-state index contributed by atoms with van der Waals surface area (Å²) in [6.07, 6.45) is 1.30. The molecular formula is C5H14N4O2. The standard InChI is InChI=1S/C5H14N4O2/c6-8-5(11)9(7)3-1-2-4-10/h10H,1-4,6-7H2,(H,8,11). The number of carbonyl (C=O) groups excluding carboxylic acids is 1. The van der Waals surface area contributed by atoms with Gasteiger partial charge in [-0.1, -0.05) is 0 Å². The van der Waals surface area contributed by atoms with Crippen LogP contribution >= 0.6 is 0 Å². The van der Waals surface area contributed by atoms with Crippen molar-refractivity contribution in [3.05, 3.63) is 0 Å². The van der Waals surface area contributed by atoms with Crippen LogP contribution in [0.3, 0.4) is 0 Å². The minimum Gasteiger partial charge on any atom is -0.396 e. The maximum Gasteiger partial charge on any atom is 0.345 e. The van der Waals surface area contributed by atoms with E-state index in [0.29, 0.717) is 19.4 Å². The van der Waals surface area contributed by atoms with Gasteiger partial charge in [-0.3, -0.25) is 10.4 Å². The fraction of sp³-hybridized carbons (Fsp3) is 0.800. The number of hydrazine groups is 2. The van der Waals surface area contributed by atoms with Crippen molar-refractivity contribution >= 4 is 6.03 Å². The van der Waals surface area contributed by atoms with Crippen molar-refractivity contribution < 1.29 is 9.90 Å². The number of hydrogen-bond donors (Lipinski definition) is 4. The molecule has 0 radical (unpaired) electrons. The Morgan fingerprint density at radius 1 is 1.55 bits per heavy atom. The van der Waals surface area contributed by atoms with Crippen LogP contribution in [0.2, 0.25) is 0 Å². The summed E-state index contributed by atoms with van der Waals surface area (Å²) < 4.78 is 0. The van der Waals surface area contributed by atoms with E-state index in [9.17, 15) is 4.79 Å². The summed E-state index contributed by atoms with van der Waals surface area (Å²) in [4.78, 5) is 10.6. The van der Waals surface area contributed by atoms with Crippen molar-refractivity contribution in [2.75, 3.05) is 13.2 Å². The summed E-state index contributed by atoms with van der Waals surface area (Å²) in [5.74, 6) is 10.0. The second-order valence-electron chi connectivity index (χ2n) is 2.07. The van der Waals surface area contributed by atoms with Crippen molar-refractivity contribution in [3.63, 3.8) is 0 Å². The van der Waals surface area contributed by atoms with Crippen LogP contribution in [0.15, 0.2) is 0 Å². The van der Waals surface area contributed by atoms with Crippen molar-refractivity contribution in [3.8, 4) is 0 Å². The molecule has 6 heteroatoms. The van der Waals surface area contributed by atoms with E-state index in [1.54, 1.807) is 0 Å². The molecule has 0 aromatic heterocycles. The fourth-order valence-corrected chi connectivity index (χ4v) is 0.578. The quantitative estimate of drug-likeness (QED) is 0.175. The zero-order valence-electron chi connectivity index (χ0n) is 6.29. The van der Waals surface area contributed by atoms with Gasteiger partial charge in [-0.05, 0) is 12.8 Å². The minimum atomic E-state index is -0.525. The Morgan fingerprint density at radius 2 is 2.18 bits per heavy atom. The van der Waals surface area contributed by atoms with E-state index in [1.165, 1.54) is 0 Å². The summed E-state index contributed by atoms with van der Waals surface area (Å²) in [5.41, 5.74) is 1.89. The number of nitrogens with zero attached hydrogens (tertiary/aromatic N) is 1. The van der Waals surface area contributed by atoms with Gasteiger partial charge >= 0.3 is 6.03 Å². The SMILES string of the molecule is NNC(=O)N(N)CCCCO. The lowest BCUT2D eigenvalue weighted by Gasteiger charge is -2.14. The molecule has 0 aliphatic carbocycles. The predicted molar refractivity (Wildman–Crippen MR) is 39.9 cm³/mol. The predicted octanol–water partition coefficient (Wildman–Crippen LogP) is -1.48. The Kier molecular flexibility index (Phi) is 5.44. The zero-order chi connectivity index (χ0) is 8.69. The molecule has 6 nitrogen and oxygen atoms in total. The van der Waals surface area contributed by atoms with Crippen molar-refractivity contribution in [1.82, 2.24) is 10.4 Å². The largest absolute Gasteiger partial charge is 0.396 e. The zero-order valence-corrected chi connectivity index (χ0v) is 6.29. The number of nitrogens with two attached hydrogens (primary N) is 2. The first-order valence-corrected chi connectivity index (χ1v) is 3.36. The van der Waals surface area contributed by atoms with Crippen LogP contribution in [0.5, 0.6) is 0 Å². The molecule has 2 amide bonds. The summed E-state index contributed by atoms with van der Waals surface area (Å²) in [6.45, 7) is 0.502. The first kappa shape index (κ1) is 10.2. The minimum absolute atomic E-state index is 0.109. The number of urea groups is 1. The maximum absolute atomic E-state index is 10.6. The number of amides is 2. The average molecular weight is 162 g/mol. The number of aliphatic hydroxyl groups is 1. The van der Waals surface area contributed by atoms with E-state index in [-0.39, 0.29) is 6.61 Å². The lowest BCUT2D eigenvalue weighted by atomic mass is 10.3. The van der Waals surface area contributed by atoms with E-state index >= 15 is 0 Å². The molecule has 0 heterocycles.